The molecule has 3 aliphatic rings. The van der Waals surface area contributed by atoms with E-state index in [4.69, 9.17) is 5.73 Å². The first-order chi connectivity index (χ1) is 17.9. The van der Waals surface area contributed by atoms with Crippen LogP contribution in [0.5, 0.6) is 0 Å². The summed E-state index contributed by atoms with van der Waals surface area (Å²) in [6.07, 6.45) is 3.09. The summed E-state index contributed by atoms with van der Waals surface area (Å²) in [6.45, 7) is 4.81. The summed E-state index contributed by atoms with van der Waals surface area (Å²) in [6, 6.07) is 9.00. The van der Waals surface area contributed by atoms with Gasteiger partial charge in [0.25, 0.3) is 5.91 Å². The fraction of sp³-hybridized carbons (Fsp3) is 0.357. The van der Waals surface area contributed by atoms with Crippen LogP contribution in [-0.4, -0.2) is 55.1 Å². The zero-order chi connectivity index (χ0) is 25.7. The minimum Gasteiger partial charge on any atom is -0.383 e. The molecule has 6 nitrogen and oxygen atoms in total. The molecular weight excluding hydrogens is 479 g/mol. The number of nitrogens with two attached hydrogens (primary N) is 1. The van der Waals surface area contributed by atoms with Crippen molar-refractivity contribution in [2.24, 2.45) is 5.92 Å². The van der Waals surface area contributed by atoms with Gasteiger partial charge in [-0.05, 0) is 72.2 Å². The third-order valence-electron chi connectivity index (χ3n) is 7.58. The van der Waals surface area contributed by atoms with Crippen molar-refractivity contribution < 1.29 is 18.0 Å². The Kier molecular flexibility index (Phi) is 6.03. The molecule has 3 N–H and O–H groups in total. The number of aromatic nitrogens is 1. The van der Waals surface area contributed by atoms with Crippen LogP contribution in [-0.2, 0) is 6.42 Å². The summed E-state index contributed by atoms with van der Waals surface area (Å²) in [4.78, 5) is 20.4. The first-order valence-electron chi connectivity index (χ1n) is 12.7. The molecule has 1 saturated heterocycles. The van der Waals surface area contributed by atoms with E-state index in [1.807, 2.05) is 4.90 Å². The highest BCUT2D eigenvalue weighted by Crippen LogP contribution is 2.36. The highest BCUT2D eigenvalue weighted by molar-refractivity contribution is 5.98. The van der Waals surface area contributed by atoms with Crippen LogP contribution < -0.4 is 16.0 Å². The maximum Gasteiger partial charge on any atom is 0.254 e. The smallest absolute Gasteiger partial charge is 0.254 e. The summed E-state index contributed by atoms with van der Waals surface area (Å²) in [7, 11) is 0. The first-order valence-corrected chi connectivity index (χ1v) is 12.7. The van der Waals surface area contributed by atoms with Gasteiger partial charge in [-0.3, -0.25) is 9.69 Å². The SMILES string of the molecule is Nc1nc(F)c(-c2ccc(N3CCN(CC4CC4)CC3)c(F)c2)cc1-c1cc(F)c2c(c1)CCNC2=O. The van der Waals surface area contributed by atoms with E-state index in [9.17, 15) is 13.6 Å². The average molecular weight is 508 g/mol. The van der Waals surface area contributed by atoms with Gasteiger partial charge in [-0.15, -0.1) is 0 Å². The van der Waals surface area contributed by atoms with Crippen LogP contribution in [0.1, 0.15) is 28.8 Å². The summed E-state index contributed by atoms with van der Waals surface area (Å²) in [5.41, 5.74) is 8.16. The van der Waals surface area contributed by atoms with Crippen molar-refractivity contribution in [2.45, 2.75) is 19.3 Å². The first kappa shape index (κ1) is 23.8. The van der Waals surface area contributed by atoms with Gasteiger partial charge in [0.1, 0.15) is 17.5 Å². The number of benzene rings is 2. The Bertz CT molecular complexity index is 1380. The monoisotopic (exact) mass is 507 g/mol. The lowest BCUT2D eigenvalue weighted by Crippen LogP contribution is -2.47. The Morgan fingerprint density at radius 2 is 1.70 bits per heavy atom. The molecular formula is C28H28F3N5O. The molecule has 3 aromatic rings. The minimum absolute atomic E-state index is 0.00917. The lowest BCUT2D eigenvalue weighted by atomic mass is 9.93. The summed E-state index contributed by atoms with van der Waals surface area (Å²) < 4.78 is 45.0. The van der Waals surface area contributed by atoms with E-state index in [0.29, 0.717) is 40.9 Å². The average Bonchev–Trinajstić information content (AvgIpc) is 3.68. The second-order valence-electron chi connectivity index (χ2n) is 10.2. The standard InChI is InChI=1S/C28H28F3N5O/c29-22-12-17(3-4-24(22)36-9-7-35(8-10-36)15-16-1-2-16)20-14-21(27(32)34-26(20)31)19-11-18-5-6-33-28(37)25(18)23(30)13-19/h3-4,11-14,16H,1-2,5-10,15H2,(H2,32,34)(H,33,37). The molecule has 1 aliphatic carbocycles. The van der Waals surface area contributed by atoms with Crippen LogP contribution in [0, 0.1) is 23.5 Å². The number of pyridine rings is 1. The number of nitrogens with one attached hydrogen (secondary N) is 1. The third-order valence-corrected chi connectivity index (χ3v) is 7.58. The molecule has 2 aliphatic heterocycles. The van der Waals surface area contributed by atoms with Crippen molar-refractivity contribution >= 4 is 17.4 Å². The van der Waals surface area contributed by atoms with Gasteiger partial charge in [0, 0.05) is 50.4 Å². The van der Waals surface area contributed by atoms with Crippen LogP contribution in [0.15, 0.2) is 36.4 Å². The number of rotatable bonds is 5. The van der Waals surface area contributed by atoms with E-state index >= 15 is 4.39 Å². The Labute approximate surface area is 213 Å². The minimum atomic E-state index is -0.833. The van der Waals surface area contributed by atoms with E-state index in [0.717, 1.165) is 38.6 Å². The largest absolute Gasteiger partial charge is 0.383 e. The number of anilines is 2. The molecule has 1 aromatic heterocycles. The van der Waals surface area contributed by atoms with Gasteiger partial charge in [-0.2, -0.15) is 4.39 Å². The molecule has 3 heterocycles. The topological polar surface area (TPSA) is 74.5 Å². The number of nitrogen functional groups attached to an aromatic ring is 1. The fourth-order valence-electron chi connectivity index (χ4n) is 5.38. The molecule has 192 valence electrons. The van der Waals surface area contributed by atoms with E-state index in [2.05, 4.69) is 15.2 Å². The molecule has 0 radical (unpaired) electrons. The summed E-state index contributed by atoms with van der Waals surface area (Å²) in [5, 5.41) is 2.63. The Hall–Kier alpha value is -3.59. The lowest BCUT2D eigenvalue weighted by molar-refractivity contribution is 0.0941. The quantitative estimate of drug-likeness (QED) is 0.506. The molecule has 0 atom stereocenters. The molecule has 0 bridgehead atoms. The van der Waals surface area contributed by atoms with Gasteiger partial charge in [-0.25, -0.2) is 13.8 Å². The summed E-state index contributed by atoms with van der Waals surface area (Å²) in [5.74, 6) is -1.69. The number of hydrogen-bond acceptors (Lipinski definition) is 5. The Morgan fingerprint density at radius 1 is 0.946 bits per heavy atom. The second kappa shape index (κ2) is 9.37. The molecule has 37 heavy (non-hydrogen) atoms. The molecule has 1 saturated carbocycles. The van der Waals surface area contributed by atoms with Crippen LogP contribution in [0.3, 0.4) is 0 Å². The second-order valence-corrected chi connectivity index (χ2v) is 10.2. The number of amides is 1. The van der Waals surface area contributed by atoms with E-state index in [1.165, 1.54) is 31.0 Å². The van der Waals surface area contributed by atoms with Crippen molar-refractivity contribution in [3.8, 4) is 22.3 Å². The van der Waals surface area contributed by atoms with Gasteiger partial charge in [-0.1, -0.05) is 6.07 Å². The van der Waals surface area contributed by atoms with Crippen molar-refractivity contribution in [3.05, 3.63) is 65.1 Å². The van der Waals surface area contributed by atoms with Crippen molar-refractivity contribution in [1.29, 1.82) is 0 Å². The Morgan fingerprint density at radius 3 is 2.43 bits per heavy atom. The normalized spacial score (nSPS) is 18.0. The lowest BCUT2D eigenvalue weighted by Gasteiger charge is -2.36. The van der Waals surface area contributed by atoms with E-state index in [1.54, 1.807) is 18.2 Å². The predicted molar refractivity (Wildman–Crippen MR) is 137 cm³/mol. The Balaban J connectivity index is 1.29. The molecule has 2 aromatic carbocycles. The number of carbonyl (C=O) groups excluding carboxylic acids is 1. The third kappa shape index (κ3) is 4.64. The maximum absolute atomic E-state index is 15.2. The van der Waals surface area contributed by atoms with Crippen LogP contribution in [0.25, 0.3) is 22.3 Å². The highest BCUT2D eigenvalue weighted by atomic mass is 19.1. The number of nitrogens with zero attached hydrogens (tertiary/aromatic N) is 3. The summed E-state index contributed by atoms with van der Waals surface area (Å²) >= 11 is 0. The van der Waals surface area contributed by atoms with E-state index < -0.39 is 23.5 Å². The molecule has 6 rings (SSSR count). The van der Waals surface area contributed by atoms with Crippen molar-refractivity contribution in [3.63, 3.8) is 0 Å². The van der Waals surface area contributed by atoms with Crippen LogP contribution in [0.2, 0.25) is 0 Å². The molecule has 0 unspecified atom stereocenters. The van der Waals surface area contributed by atoms with Crippen molar-refractivity contribution in [1.82, 2.24) is 15.2 Å². The number of fused-ring (bicyclic) bond motifs is 1. The van der Waals surface area contributed by atoms with Crippen molar-refractivity contribution in [2.75, 3.05) is 49.9 Å². The maximum atomic E-state index is 15.2. The number of piperazine rings is 1. The molecule has 1 amide bonds. The molecule has 0 spiro atoms. The fourth-order valence-corrected chi connectivity index (χ4v) is 5.38. The van der Waals surface area contributed by atoms with Gasteiger partial charge >= 0.3 is 0 Å². The zero-order valence-electron chi connectivity index (χ0n) is 20.4. The molecule has 2 fully saturated rings. The van der Waals surface area contributed by atoms with Gasteiger partial charge in [0.2, 0.25) is 5.95 Å². The van der Waals surface area contributed by atoms with Crippen LogP contribution >= 0.6 is 0 Å². The number of halogens is 3. The van der Waals surface area contributed by atoms with Gasteiger partial charge in [0.15, 0.2) is 0 Å². The van der Waals surface area contributed by atoms with E-state index in [-0.39, 0.29) is 16.9 Å². The van der Waals surface area contributed by atoms with Gasteiger partial charge < -0.3 is 16.0 Å². The zero-order valence-corrected chi connectivity index (χ0v) is 20.4. The molecule has 9 heteroatoms. The van der Waals surface area contributed by atoms with Gasteiger partial charge in [0.05, 0.1) is 11.3 Å². The predicted octanol–water partition coefficient (Wildman–Crippen LogP) is 4.23. The number of hydrogen-bond donors (Lipinski definition) is 2. The highest BCUT2D eigenvalue weighted by Gasteiger charge is 2.27. The number of carbonyl (C=O) groups is 1. The van der Waals surface area contributed by atoms with Crippen LogP contribution in [0.4, 0.5) is 24.7 Å².